The van der Waals surface area contributed by atoms with Crippen LogP contribution in [0.3, 0.4) is 0 Å². The third kappa shape index (κ3) is 3.80. The molecule has 124 valence electrons. The fourth-order valence-electron chi connectivity index (χ4n) is 3.17. The third-order valence-corrected chi connectivity index (χ3v) is 5.61. The zero-order valence-electron chi connectivity index (χ0n) is 13.5. The topological polar surface area (TPSA) is 52.7 Å². The zero-order valence-corrected chi connectivity index (χ0v) is 14.3. The van der Waals surface area contributed by atoms with E-state index in [4.69, 9.17) is 0 Å². The first-order valence-corrected chi connectivity index (χ1v) is 9.16. The van der Waals surface area contributed by atoms with Crippen LogP contribution in [0.5, 0.6) is 0 Å². The molecule has 0 saturated carbocycles. The van der Waals surface area contributed by atoms with E-state index in [1.54, 1.807) is 6.92 Å². The summed E-state index contributed by atoms with van der Waals surface area (Å²) in [5, 5.41) is 3.19. The van der Waals surface area contributed by atoms with Gasteiger partial charge in [0.15, 0.2) is 0 Å². The van der Waals surface area contributed by atoms with Crippen molar-refractivity contribution in [2.75, 3.05) is 31.9 Å². The maximum atomic E-state index is 12.6. The van der Waals surface area contributed by atoms with E-state index in [0.717, 1.165) is 25.1 Å². The van der Waals surface area contributed by atoms with E-state index in [0.29, 0.717) is 19.6 Å². The van der Waals surface area contributed by atoms with Gasteiger partial charge in [-0.3, -0.25) is 4.79 Å². The summed E-state index contributed by atoms with van der Waals surface area (Å²) >= 11 is 1.85. The standard InChI is InChI=1S/C17H23N3O2S/c1-13(21)19-8-4-9-20(11-10-19)17(22)18-15-7-12-23-16-6-3-2-5-14(15)16/h2-3,5-6,15H,4,7-12H2,1H3,(H,18,22)/t15-/m1/s1. The van der Waals surface area contributed by atoms with Crippen LogP contribution in [-0.4, -0.2) is 53.7 Å². The maximum Gasteiger partial charge on any atom is 0.317 e. The molecule has 2 aliphatic heterocycles. The molecule has 1 aromatic rings. The summed E-state index contributed by atoms with van der Waals surface area (Å²) in [4.78, 5) is 29.0. The van der Waals surface area contributed by atoms with Crippen molar-refractivity contribution >= 4 is 23.7 Å². The number of benzene rings is 1. The Morgan fingerprint density at radius 1 is 1.13 bits per heavy atom. The van der Waals surface area contributed by atoms with Crippen LogP contribution in [0.15, 0.2) is 29.2 Å². The summed E-state index contributed by atoms with van der Waals surface area (Å²) < 4.78 is 0. The summed E-state index contributed by atoms with van der Waals surface area (Å²) in [6.07, 6.45) is 1.80. The molecule has 2 aliphatic rings. The Balaban J connectivity index is 1.63. The first-order chi connectivity index (χ1) is 11.1. The van der Waals surface area contributed by atoms with Gasteiger partial charge in [-0.2, -0.15) is 0 Å². The summed E-state index contributed by atoms with van der Waals surface area (Å²) in [6, 6.07) is 8.37. The van der Waals surface area contributed by atoms with Gasteiger partial charge in [0, 0.05) is 43.8 Å². The van der Waals surface area contributed by atoms with Crippen LogP contribution in [0.1, 0.15) is 31.4 Å². The van der Waals surface area contributed by atoms with E-state index >= 15 is 0 Å². The number of hydrogen-bond donors (Lipinski definition) is 1. The van der Waals surface area contributed by atoms with Gasteiger partial charge in [0.2, 0.25) is 5.91 Å². The van der Waals surface area contributed by atoms with Crippen molar-refractivity contribution < 1.29 is 9.59 Å². The van der Waals surface area contributed by atoms with Crippen molar-refractivity contribution in [1.29, 1.82) is 0 Å². The van der Waals surface area contributed by atoms with Gasteiger partial charge in [-0.05, 0) is 24.5 Å². The largest absolute Gasteiger partial charge is 0.341 e. The molecule has 0 spiro atoms. The predicted octanol–water partition coefficient (Wildman–Crippen LogP) is 2.49. The van der Waals surface area contributed by atoms with Gasteiger partial charge < -0.3 is 15.1 Å². The third-order valence-electron chi connectivity index (χ3n) is 4.48. The summed E-state index contributed by atoms with van der Waals surface area (Å²) in [6.45, 7) is 4.27. The Bertz CT molecular complexity index is 593. The first-order valence-electron chi connectivity index (χ1n) is 8.18. The van der Waals surface area contributed by atoms with Crippen LogP contribution in [0.4, 0.5) is 4.79 Å². The molecule has 23 heavy (non-hydrogen) atoms. The molecule has 1 fully saturated rings. The highest BCUT2D eigenvalue weighted by Crippen LogP contribution is 2.35. The van der Waals surface area contributed by atoms with Crippen molar-refractivity contribution in [2.24, 2.45) is 0 Å². The average molecular weight is 333 g/mol. The second kappa shape index (κ2) is 7.25. The van der Waals surface area contributed by atoms with Crippen molar-refractivity contribution in [3.63, 3.8) is 0 Å². The molecule has 3 rings (SSSR count). The summed E-state index contributed by atoms with van der Waals surface area (Å²) in [5.74, 6) is 1.12. The number of thioether (sulfide) groups is 1. The average Bonchev–Trinajstić information content (AvgIpc) is 2.81. The smallest absolute Gasteiger partial charge is 0.317 e. The van der Waals surface area contributed by atoms with Crippen LogP contribution in [0.2, 0.25) is 0 Å². The Kier molecular flexibility index (Phi) is 5.10. The summed E-state index contributed by atoms with van der Waals surface area (Å²) in [5.41, 5.74) is 1.22. The normalized spacial score (nSPS) is 21.3. The van der Waals surface area contributed by atoms with Gasteiger partial charge in [-0.1, -0.05) is 18.2 Å². The number of carbonyl (C=O) groups excluding carboxylic acids is 2. The molecule has 1 aromatic carbocycles. The first kappa shape index (κ1) is 16.2. The van der Waals surface area contributed by atoms with Gasteiger partial charge in [0.1, 0.15) is 0 Å². The number of amides is 3. The summed E-state index contributed by atoms with van der Waals surface area (Å²) in [7, 11) is 0. The minimum absolute atomic E-state index is 0.0119. The number of urea groups is 1. The van der Waals surface area contributed by atoms with Crippen LogP contribution in [0.25, 0.3) is 0 Å². The van der Waals surface area contributed by atoms with E-state index in [9.17, 15) is 9.59 Å². The molecule has 0 aliphatic carbocycles. The number of hydrogen-bond acceptors (Lipinski definition) is 3. The van der Waals surface area contributed by atoms with Crippen LogP contribution < -0.4 is 5.32 Å². The van der Waals surface area contributed by atoms with Gasteiger partial charge in [-0.15, -0.1) is 11.8 Å². The second-order valence-corrected chi connectivity index (χ2v) is 7.16. The number of nitrogens with zero attached hydrogens (tertiary/aromatic N) is 2. The van der Waals surface area contributed by atoms with Gasteiger partial charge in [0.25, 0.3) is 0 Å². The molecule has 0 bridgehead atoms. The lowest BCUT2D eigenvalue weighted by molar-refractivity contribution is -0.128. The molecule has 1 saturated heterocycles. The Labute approximate surface area is 141 Å². The lowest BCUT2D eigenvalue weighted by Crippen LogP contribution is -2.44. The van der Waals surface area contributed by atoms with Crippen molar-refractivity contribution in [1.82, 2.24) is 15.1 Å². The van der Waals surface area contributed by atoms with E-state index in [2.05, 4.69) is 17.4 Å². The Hall–Kier alpha value is -1.69. The molecule has 6 heteroatoms. The molecule has 1 N–H and O–H groups in total. The molecule has 5 nitrogen and oxygen atoms in total. The highest BCUT2D eigenvalue weighted by atomic mass is 32.2. The molecule has 3 amide bonds. The van der Waals surface area contributed by atoms with Crippen molar-refractivity contribution in [3.05, 3.63) is 29.8 Å². The second-order valence-electron chi connectivity index (χ2n) is 6.02. The van der Waals surface area contributed by atoms with Crippen molar-refractivity contribution in [3.8, 4) is 0 Å². The number of carbonyl (C=O) groups is 2. The monoisotopic (exact) mass is 333 g/mol. The lowest BCUT2D eigenvalue weighted by atomic mass is 10.0. The van der Waals surface area contributed by atoms with Crippen LogP contribution in [-0.2, 0) is 4.79 Å². The molecule has 1 atom stereocenters. The molecule has 0 radical (unpaired) electrons. The Morgan fingerprint density at radius 3 is 2.70 bits per heavy atom. The number of nitrogens with one attached hydrogen (secondary N) is 1. The van der Waals surface area contributed by atoms with E-state index in [-0.39, 0.29) is 18.0 Å². The highest BCUT2D eigenvalue weighted by molar-refractivity contribution is 7.99. The lowest BCUT2D eigenvalue weighted by Gasteiger charge is -2.29. The van der Waals surface area contributed by atoms with Crippen LogP contribution >= 0.6 is 11.8 Å². The van der Waals surface area contributed by atoms with Gasteiger partial charge >= 0.3 is 6.03 Å². The van der Waals surface area contributed by atoms with E-state index in [1.165, 1.54) is 10.5 Å². The minimum Gasteiger partial charge on any atom is -0.341 e. The predicted molar refractivity (Wildman–Crippen MR) is 91.5 cm³/mol. The van der Waals surface area contributed by atoms with E-state index in [1.807, 2.05) is 33.7 Å². The van der Waals surface area contributed by atoms with Crippen LogP contribution in [0, 0.1) is 0 Å². The maximum absolute atomic E-state index is 12.6. The number of fused-ring (bicyclic) bond motifs is 1. The molecule has 0 aromatic heterocycles. The van der Waals surface area contributed by atoms with Gasteiger partial charge in [0.05, 0.1) is 6.04 Å². The van der Waals surface area contributed by atoms with Crippen molar-refractivity contribution in [2.45, 2.75) is 30.7 Å². The highest BCUT2D eigenvalue weighted by Gasteiger charge is 2.25. The van der Waals surface area contributed by atoms with Gasteiger partial charge in [-0.25, -0.2) is 4.79 Å². The van der Waals surface area contributed by atoms with E-state index < -0.39 is 0 Å². The molecular weight excluding hydrogens is 310 g/mol. The fourth-order valence-corrected chi connectivity index (χ4v) is 4.29. The zero-order chi connectivity index (χ0) is 16.2. The molecule has 2 heterocycles. The Morgan fingerprint density at radius 2 is 1.87 bits per heavy atom. The minimum atomic E-state index is -0.0119. The SMILES string of the molecule is CC(=O)N1CCCN(C(=O)N[C@@H]2CCSc3ccccc32)CC1. The quantitative estimate of drug-likeness (QED) is 0.859. The number of rotatable bonds is 1. The fraction of sp³-hybridized carbons (Fsp3) is 0.529. The molecule has 0 unspecified atom stereocenters. The molecular formula is C17H23N3O2S.